The van der Waals surface area contributed by atoms with Gasteiger partial charge in [-0.15, -0.1) is 11.3 Å². The summed E-state index contributed by atoms with van der Waals surface area (Å²) in [4.78, 5) is 14.3. The minimum Gasteiger partial charge on any atom is -0.485 e. The maximum absolute atomic E-state index is 12.1. The van der Waals surface area contributed by atoms with Crippen LogP contribution in [0.25, 0.3) is 0 Å². The maximum atomic E-state index is 12.1. The normalized spacial score (nSPS) is 10.6. The molecule has 20 heavy (non-hydrogen) atoms. The van der Waals surface area contributed by atoms with E-state index in [2.05, 4.69) is 0 Å². The number of benzene rings is 1. The zero-order valence-corrected chi connectivity index (χ0v) is 12.8. The van der Waals surface area contributed by atoms with Crippen molar-refractivity contribution < 1.29 is 14.3 Å². The van der Waals surface area contributed by atoms with Crippen molar-refractivity contribution in [3.63, 3.8) is 0 Å². The summed E-state index contributed by atoms with van der Waals surface area (Å²) in [5, 5.41) is 0. The standard InChI is InChI=1S/C16H18O3S/c1-11-7-15(12(2)20-11)16(17)10-19-14-6-4-5-13(8-14)9-18-3/h4-8H,9-10H2,1-3H3. The predicted octanol–water partition coefficient (Wildman–Crippen LogP) is 3.77. The van der Waals surface area contributed by atoms with Crippen LogP contribution in [-0.2, 0) is 11.3 Å². The van der Waals surface area contributed by atoms with E-state index in [4.69, 9.17) is 9.47 Å². The minimum absolute atomic E-state index is 0.0176. The molecule has 0 aliphatic rings. The molecule has 3 nitrogen and oxygen atoms in total. The van der Waals surface area contributed by atoms with Crippen molar-refractivity contribution in [2.45, 2.75) is 20.5 Å². The molecule has 0 atom stereocenters. The zero-order valence-electron chi connectivity index (χ0n) is 11.9. The second-order valence-electron chi connectivity index (χ2n) is 4.62. The van der Waals surface area contributed by atoms with Crippen LogP contribution in [0.3, 0.4) is 0 Å². The molecule has 106 valence electrons. The summed E-state index contributed by atoms with van der Waals surface area (Å²) in [5.74, 6) is 0.710. The molecule has 0 bridgehead atoms. The monoisotopic (exact) mass is 290 g/mol. The molecule has 0 spiro atoms. The fourth-order valence-electron chi connectivity index (χ4n) is 2.03. The number of carbonyl (C=O) groups excluding carboxylic acids is 1. The summed E-state index contributed by atoms with van der Waals surface area (Å²) >= 11 is 1.64. The molecule has 1 aromatic heterocycles. The van der Waals surface area contributed by atoms with Crippen LogP contribution in [0.1, 0.15) is 25.7 Å². The molecule has 0 radical (unpaired) electrons. The van der Waals surface area contributed by atoms with Crippen molar-refractivity contribution in [3.8, 4) is 5.75 Å². The average Bonchev–Trinajstić information content (AvgIpc) is 2.76. The molecule has 0 unspecified atom stereocenters. The van der Waals surface area contributed by atoms with E-state index in [-0.39, 0.29) is 12.4 Å². The van der Waals surface area contributed by atoms with Crippen LogP contribution in [0.4, 0.5) is 0 Å². The minimum atomic E-state index is 0.0176. The lowest BCUT2D eigenvalue weighted by Gasteiger charge is -2.07. The molecule has 2 rings (SSSR count). The van der Waals surface area contributed by atoms with E-state index in [0.717, 1.165) is 20.9 Å². The second kappa shape index (κ2) is 6.68. The van der Waals surface area contributed by atoms with Gasteiger partial charge in [0, 0.05) is 22.4 Å². The van der Waals surface area contributed by atoms with E-state index in [1.54, 1.807) is 18.4 Å². The summed E-state index contributed by atoms with van der Waals surface area (Å²) < 4.78 is 10.6. The van der Waals surface area contributed by atoms with Crippen molar-refractivity contribution >= 4 is 17.1 Å². The Balaban J connectivity index is 1.99. The molecule has 1 heterocycles. The number of hydrogen-bond acceptors (Lipinski definition) is 4. The third-order valence-corrected chi connectivity index (χ3v) is 3.89. The Morgan fingerprint density at radius 1 is 1.25 bits per heavy atom. The van der Waals surface area contributed by atoms with Gasteiger partial charge in [0.25, 0.3) is 0 Å². The fourth-order valence-corrected chi connectivity index (χ4v) is 2.97. The van der Waals surface area contributed by atoms with Gasteiger partial charge < -0.3 is 9.47 Å². The van der Waals surface area contributed by atoms with E-state index >= 15 is 0 Å². The van der Waals surface area contributed by atoms with Crippen molar-refractivity contribution in [1.82, 2.24) is 0 Å². The van der Waals surface area contributed by atoms with Crippen molar-refractivity contribution in [2.24, 2.45) is 0 Å². The van der Waals surface area contributed by atoms with Crippen LogP contribution >= 0.6 is 11.3 Å². The number of ketones is 1. The largest absolute Gasteiger partial charge is 0.485 e. The fraction of sp³-hybridized carbons (Fsp3) is 0.312. The van der Waals surface area contributed by atoms with Crippen LogP contribution in [0.15, 0.2) is 30.3 Å². The van der Waals surface area contributed by atoms with Crippen LogP contribution in [0, 0.1) is 13.8 Å². The molecule has 0 aliphatic carbocycles. The van der Waals surface area contributed by atoms with Gasteiger partial charge in [-0.3, -0.25) is 4.79 Å². The highest BCUT2D eigenvalue weighted by Crippen LogP contribution is 2.21. The molecule has 0 saturated heterocycles. The molecular weight excluding hydrogens is 272 g/mol. The Hall–Kier alpha value is -1.65. The van der Waals surface area contributed by atoms with Crippen LogP contribution in [0.5, 0.6) is 5.75 Å². The molecule has 1 aromatic carbocycles. The average molecular weight is 290 g/mol. The number of ether oxygens (including phenoxy) is 2. The number of rotatable bonds is 6. The first-order chi connectivity index (χ1) is 9.60. The van der Waals surface area contributed by atoms with E-state index in [1.165, 1.54) is 0 Å². The van der Waals surface area contributed by atoms with Crippen LogP contribution in [0.2, 0.25) is 0 Å². The first kappa shape index (κ1) is 14.8. The third kappa shape index (κ3) is 3.68. The number of methoxy groups -OCH3 is 1. The second-order valence-corrected chi connectivity index (χ2v) is 6.08. The van der Waals surface area contributed by atoms with Gasteiger partial charge in [-0.25, -0.2) is 0 Å². The number of carbonyl (C=O) groups is 1. The molecule has 0 fully saturated rings. The van der Waals surface area contributed by atoms with E-state index < -0.39 is 0 Å². The number of thiophene rings is 1. The lowest BCUT2D eigenvalue weighted by molar-refractivity contribution is 0.0921. The van der Waals surface area contributed by atoms with Gasteiger partial charge in [0.05, 0.1) is 6.61 Å². The molecule has 2 aromatic rings. The number of aryl methyl sites for hydroxylation is 2. The van der Waals surface area contributed by atoms with Crippen LogP contribution in [-0.4, -0.2) is 19.5 Å². The first-order valence-corrected chi connectivity index (χ1v) is 7.22. The smallest absolute Gasteiger partial charge is 0.201 e. The van der Waals surface area contributed by atoms with Crippen molar-refractivity contribution in [1.29, 1.82) is 0 Å². The summed E-state index contributed by atoms with van der Waals surface area (Å²) in [7, 11) is 1.65. The van der Waals surface area contributed by atoms with Gasteiger partial charge in [-0.1, -0.05) is 12.1 Å². The summed E-state index contributed by atoms with van der Waals surface area (Å²) in [5.41, 5.74) is 1.79. The lowest BCUT2D eigenvalue weighted by Crippen LogP contribution is -2.11. The van der Waals surface area contributed by atoms with Crippen LogP contribution < -0.4 is 4.74 Å². The molecule has 0 amide bonds. The summed E-state index contributed by atoms with van der Waals surface area (Å²) in [6, 6.07) is 9.52. The van der Waals surface area contributed by atoms with Gasteiger partial charge >= 0.3 is 0 Å². The van der Waals surface area contributed by atoms with E-state index in [9.17, 15) is 4.79 Å². The first-order valence-electron chi connectivity index (χ1n) is 6.41. The highest BCUT2D eigenvalue weighted by Gasteiger charge is 2.12. The molecule has 0 N–H and O–H groups in total. The Labute approximate surface area is 123 Å². The van der Waals surface area contributed by atoms with E-state index in [1.807, 2.05) is 44.2 Å². The Morgan fingerprint density at radius 3 is 2.70 bits per heavy atom. The SMILES string of the molecule is COCc1cccc(OCC(=O)c2cc(C)sc2C)c1. The third-order valence-electron chi connectivity index (χ3n) is 2.92. The predicted molar refractivity (Wildman–Crippen MR) is 80.8 cm³/mol. The molecule has 0 saturated carbocycles. The Bertz CT molecular complexity index is 602. The highest BCUT2D eigenvalue weighted by molar-refractivity contribution is 7.12. The van der Waals surface area contributed by atoms with Gasteiger partial charge in [-0.05, 0) is 37.6 Å². The topological polar surface area (TPSA) is 35.5 Å². The summed E-state index contributed by atoms with van der Waals surface area (Å²) in [6.07, 6.45) is 0. The highest BCUT2D eigenvalue weighted by atomic mass is 32.1. The number of hydrogen-bond donors (Lipinski definition) is 0. The van der Waals surface area contributed by atoms with Crippen molar-refractivity contribution in [3.05, 3.63) is 51.2 Å². The maximum Gasteiger partial charge on any atom is 0.201 e. The lowest BCUT2D eigenvalue weighted by atomic mass is 10.2. The molecule has 0 aliphatic heterocycles. The van der Waals surface area contributed by atoms with E-state index in [0.29, 0.717) is 12.4 Å². The quantitative estimate of drug-likeness (QED) is 0.760. The van der Waals surface area contributed by atoms with Gasteiger partial charge in [-0.2, -0.15) is 0 Å². The van der Waals surface area contributed by atoms with Crippen molar-refractivity contribution in [2.75, 3.05) is 13.7 Å². The molecule has 4 heteroatoms. The summed E-state index contributed by atoms with van der Waals surface area (Å²) in [6.45, 7) is 4.56. The van der Waals surface area contributed by atoms with Gasteiger partial charge in [0.15, 0.2) is 6.61 Å². The molecular formula is C16H18O3S. The van der Waals surface area contributed by atoms with Gasteiger partial charge in [0.1, 0.15) is 5.75 Å². The Kier molecular flexibility index (Phi) is 4.93. The number of Topliss-reactive ketones (excluding diaryl/α,β-unsaturated/α-hetero) is 1. The van der Waals surface area contributed by atoms with Gasteiger partial charge in [0.2, 0.25) is 5.78 Å². The Morgan fingerprint density at radius 2 is 2.05 bits per heavy atom. The zero-order chi connectivity index (χ0) is 14.5.